The fraction of sp³-hybridized carbons (Fsp3) is 0.722. The summed E-state index contributed by atoms with van der Waals surface area (Å²) >= 11 is 0. The number of carbonyl (C=O) groups excluding carboxylic acids is 1. The van der Waals surface area contributed by atoms with Crippen LogP contribution >= 0.6 is 0 Å². The van der Waals surface area contributed by atoms with Gasteiger partial charge in [0.15, 0.2) is 0 Å². The van der Waals surface area contributed by atoms with E-state index in [1.165, 1.54) is 0 Å². The van der Waals surface area contributed by atoms with Gasteiger partial charge in [-0.2, -0.15) is 0 Å². The van der Waals surface area contributed by atoms with Crippen LogP contribution in [0.5, 0.6) is 0 Å². The molecule has 6 heteroatoms. The molecule has 0 saturated carbocycles. The van der Waals surface area contributed by atoms with E-state index in [1.54, 1.807) is 0 Å². The molecule has 0 aromatic carbocycles. The molecule has 2 heterocycles. The van der Waals surface area contributed by atoms with Crippen molar-refractivity contribution in [1.82, 2.24) is 14.9 Å². The number of aromatic nitrogens is 2. The van der Waals surface area contributed by atoms with Crippen molar-refractivity contribution in [2.75, 3.05) is 31.6 Å². The van der Waals surface area contributed by atoms with Gasteiger partial charge in [0.25, 0.3) is 0 Å². The van der Waals surface area contributed by atoms with Crippen LogP contribution < -0.4 is 4.90 Å². The third kappa shape index (κ3) is 5.35. The number of carbonyl (C=O) groups is 1. The van der Waals surface area contributed by atoms with Crippen molar-refractivity contribution in [2.45, 2.75) is 52.6 Å². The summed E-state index contributed by atoms with van der Waals surface area (Å²) < 4.78 is 5.44. The Morgan fingerprint density at radius 3 is 2.38 bits per heavy atom. The number of aryl methyl sites for hydroxylation is 1. The number of hydrogen-bond acceptors (Lipinski definition) is 5. The van der Waals surface area contributed by atoms with Crippen LogP contribution in [0.15, 0.2) is 12.4 Å². The van der Waals surface area contributed by atoms with Crippen molar-refractivity contribution < 1.29 is 9.53 Å². The van der Waals surface area contributed by atoms with Crippen molar-refractivity contribution in [3.8, 4) is 0 Å². The van der Waals surface area contributed by atoms with Gasteiger partial charge < -0.3 is 14.5 Å². The summed E-state index contributed by atoms with van der Waals surface area (Å²) in [5.74, 6) is 1.31. The van der Waals surface area contributed by atoms with Crippen LogP contribution in [-0.2, 0) is 11.2 Å². The lowest BCUT2D eigenvalue weighted by molar-refractivity contribution is 0.0186. The lowest BCUT2D eigenvalue weighted by Gasteiger charge is -2.34. The smallest absolute Gasteiger partial charge is 0.410 e. The third-order valence-corrected chi connectivity index (χ3v) is 4.24. The monoisotopic (exact) mass is 334 g/mol. The number of hydrogen-bond donors (Lipinski definition) is 0. The molecular formula is C18H30N4O2. The first-order chi connectivity index (χ1) is 11.3. The van der Waals surface area contributed by atoms with E-state index in [2.05, 4.69) is 21.8 Å². The van der Waals surface area contributed by atoms with E-state index in [-0.39, 0.29) is 6.09 Å². The third-order valence-electron chi connectivity index (χ3n) is 4.24. The molecule has 6 nitrogen and oxygen atoms in total. The maximum atomic E-state index is 12.1. The highest BCUT2D eigenvalue weighted by molar-refractivity contribution is 5.68. The largest absolute Gasteiger partial charge is 0.444 e. The summed E-state index contributed by atoms with van der Waals surface area (Å²) in [6.45, 7) is 10.2. The quantitative estimate of drug-likeness (QED) is 0.847. The molecule has 1 aromatic heterocycles. The van der Waals surface area contributed by atoms with Gasteiger partial charge >= 0.3 is 6.09 Å². The van der Waals surface area contributed by atoms with Crippen molar-refractivity contribution in [3.63, 3.8) is 0 Å². The number of ether oxygens (including phenoxy) is 1. The second-order valence-corrected chi connectivity index (χ2v) is 7.54. The maximum absolute atomic E-state index is 12.1. The van der Waals surface area contributed by atoms with Crippen LogP contribution in [0.1, 0.15) is 46.1 Å². The summed E-state index contributed by atoms with van der Waals surface area (Å²) in [5, 5.41) is 0. The molecule has 0 spiro atoms. The summed E-state index contributed by atoms with van der Waals surface area (Å²) in [7, 11) is 2.03. The lowest BCUT2D eigenvalue weighted by Crippen LogP contribution is -2.43. The molecule has 0 unspecified atom stereocenters. The first-order valence-electron chi connectivity index (χ1n) is 8.78. The fourth-order valence-electron chi connectivity index (χ4n) is 2.82. The van der Waals surface area contributed by atoms with Crippen molar-refractivity contribution in [2.24, 2.45) is 5.92 Å². The molecular weight excluding hydrogens is 304 g/mol. The standard InChI is InChI=1S/C18H30N4O2/c1-6-14-11-19-16(20-12-14)21(5)13-15-7-9-22(10-8-15)17(23)24-18(2,3)4/h11-12,15H,6-10,13H2,1-5H3. The SMILES string of the molecule is CCc1cnc(N(C)CC2CCN(C(=O)OC(C)(C)C)CC2)nc1. The van der Waals surface area contributed by atoms with E-state index in [0.29, 0.717) is 5.92 Å². The van der Waals surface area contributed by atoms with Crippen LogP contribution in [0.25, 0.3) is 0 Å². The summed E-state index contributed by atoms with van der Waals surface area (Å²) in [4.78, 5) is 24.9. The molecule has 0 bridgehead atoms. The first-order valence-corrected chi connectivity index (χ1v) is 8.78. The molecule has 0 aliphatic carbocycles. The summed E-state index contributed by atoms with van der Waals surface area (Å²) in [5.41, 5.74) is 0.716. The Morgan fingerprint density at radius 1 is 1.29 bits per heavy atom. The average molecular weight is 334 g/mol. The van der Waals surface area contributed by atoms with Gasteiger partial charge in [0.1, 0.15) is 5.60 Å². The number of rotatable bonds is 4. The van der Waals surface area contributed by atoms with Gasteiger partial charge in [-0.15, -0.1) is 0 Å². The number of nitrogens with zero attached hydrogens (tertiary/aromatic N) is 4. The zero-order valence-corrected chi connectivity index (χ0v) is 15.6. The molecule has 0 radical (unpaired) electrons. The van der Waals surface area contributed by atoms with Crippen molar-refractivity contribution in [3.05, 3.63) is 18.0 Å². The van der Waals surface area contributed by atoms with Gasteiger partial charge in [0, 0.05) is 39.1 Å². The Kier molecular flexibility index (Phi) is 6.02. The zero-order valence-electron chi connectivity index (χ0n) is 15.6. The molecule has 1 saturated heterocycles. The van der Waals surface area contributed by atoms with Crippen LogP contribution in [0.3, 0.4) is 0 Å². The normalized spacial score (nSPS) is 16.1. The first kappa shape index (κ1) is 18.5. The molecule has 24 heavy (non-hydrogen) atoms. The van der Waals surface area contributed by atoms with Crippen molar-refractivity contribution in [1.29, 1.82) is 0 Å². The van der Waals surface area contributed by atoms with Crippen LogP contribution in [-0.4, -0.2) is 53.2 Å². The predicted molar refractivity (Wildman–Crippen MR) is 95.2 cm³/mol. The summed E-state index contributed by atoms with van der Waals surface area (Å²) in [6.07, 6.45) is 6.50. The van der Waals surface area contributed by atoms with Gasteiger partial charge in [-0.1, -0.05) is 6.92 Å². The molecule has 1 fully saturated rings. The van der Waals surface area contributed by atoms with E-state index in [4.69, 9.17) is 4.74 Å². The zero-order chi connectivity index (χ0) is 17.7. The Hall–Kier alpha value is -1.85. The van der Waals surface area contributed by atoms with Crippen LogP contribution in [0.2, 0.25) is 0 Å². The molecule has 0 atom stereocenters. The maximum Gasteiger partial charge on any atom is 0.410 e. The number of piperidine rings is 1. The Bertz CT molecular complexity index is 531. The van der Waals surface area contributed by atoms with E-state index >= 15 is 0 Å². The molecule has 1 amide bonds. The van der Waals surface area contributed by atoms with Gasteiger partial charge in [-0.05, 0) is 51.5 Å². The number of amides is 1. The minimum absolute atomic E-state index is 0.201. The number of likely N-dealkylation sites (tertiary alicyclic amines) is 1. The van der Waals surface area contributed by atoms with E-state index in [9.17, 15) is 4.79 Å². The fourth-order valence-corrected chi connectivity index (χ4v) is 2.82. The average Bonchev–Trinajstić information content (AvgIpc) is 2.54. The number of anilines is 1. The van der Waals surface area contributed by atoms with Crippen molar-refractivity contribution >= 4 is 12.0 Å². The minimum atomic E-state index is -0.434. The van der Waals surface area contributed by atoms with Gasteiger partial charge in [-0.3, -0.25) is 0 Å². The topological polar surface area (TPSA) is 58.6 Å². The van der Waals surface area contributed by atoms with E-state index < -0.39 is 5.60 Å². The highest BCUT2D eigenvalue weighted by Gasteiger charge is 2.27. The Labute approximate surface area is 145 Å². The lowest BCUT2D eigenvalue weighted by atomic mass is 9.96. The predicted octanol–water partition coefficient (Wildman–Crippen LogP) is 3.12. The molecule has 1 aliphatic heterocycles. The highest BCUT2D eigenvalue weighted by Crippen LogP contribution is 2.21. The molecule has 1 aliphatic rings. The second kappa shape index (κ2) is 7.81. The molecule has 1 aromatic rings. The molecule has 0 N–H and O–H groups in total. The molecule has 134 valence electrons. The second-order valence-electron chi connectivity index (χ2n) is 7.54. The molecule has 2 rings (SSSR count). The Morgan fingerprint density at radius 2 is 1.88 bits per heavy atom. The van der Waals surface area contributed by atoms with Gasteiger partial charge in [0.05, 0.1) is 0 Å². The summed E-state index contributed by atoms with van der Waals surface area (Å²) in [6, 6.07) is 0. The van der Waals surface area contributed by atoms with Gasteiger partial charge in [-0.25, -0.2) is 14.8 Å². The van der Waals surface area contributed by atoms with Gasteiger partial charge in [0.2, 0.25) is 5.95 Å². The minimum Gasteiger partial charge on any atom is -0.444 e. The highest BCUT2D eigenvalue weighted by atomic mass is 16.6. The Balaban J connectivity index is 1.80. The van der Waals surface area contributed by atoms with E-state index in [1.807, 2.05) is 45.1 Å². The van der Waals surface area contributed by atoms with E-state index in [0.717, 1.165) is 50.4 Å². The van der Waals surface area contributed by atoms with Crippen LogP contribution in [0.4, 0.5) is 10.7 Å². The van der Waals surface area contributed by atoms with Crippen LogP contribution in [0, 0.1) is 5.92 Å².